The van der Waals surface area contributed by atoms with Gasteiger partial charge in [0.1, 0.15) is 11.5 Å². The van der Waals surface area contributed by atoms with Gasteiger partial charge in [0.25, 0.3) is 5.91 Å². The van der Waals surface area contributed by atoms with Crippen molar-refractivity contribution in [1.82, 2.24) is 0 Å². The van der Waals surface area contributed by atoms with Gasteiger partial charge in [-0.2, -0.15) is 0 Å². The van der Waals surface area contributed by atoms with Crippen LogP contribution in [0.2, 0.25) is 0 Å². The standard InChI is InChI=1S/C23H16F3N3O4S/c24-23(25,26)33-19-11-5-4-10-17(19)27-20(30)14-34-22-28-18(13-16-9-6-12-32-16)21(31)29(22)15-7-2-1-3-8-15/h1-13H,14H2,(H,27,30)/b18-13+. The molecule has 1 N–H and O–H groups in total. The normalized spacial score (nSPS) is 14.9. The molecule has 1 aliphatic heterocycles. The van der Waals surface area contributed by atoms with Crippen molar-refractivity contribution >= 4 is 46.2 Å². The van der Waals surface area contributed by atoms with Gasteiger partial charge < -0.3 is 14.5 Å². The minimum atomic E-state index is -4.90. The van der Waals surface area contributed by atoms with Crippen LogP contribution in [0, 0.1) is 0 Å². The van der Waals surface area contributed by atoms with Crippen LogP contribution >= 0.6 is 11.8 Å². The third-order valence-electron chi connectivity index (χ3n) is 4.39. The molecule has 0 bridgehead atoms. The Morgan fingerprint density at radius 1 is 1.09 bits per heavy atom. The fourth-order valence-corrected chi connectivity index (χ4v) is 3.82. The van der Waals surface area contributed by atoms with Crippen LogP contribution in [-0.2, 0) is 9.59 Å². The van der Waals surface area contributed by atoms with Gasteiger partial charge in [-0.05, 0) is 36.4 Å². The highest BCUT2D eigenvalue weighted by Crippen LogP contribution is 2.31. The summed E-state index contributed by atoms with van der Waals surface area (Å²) < 4.78 is 47.1. The predicted octanol–water partition coefficient (Wildman–Crippen LogP) is 5.29. The molecule has 0 fully saturated rings. The summed E-state index contributed by atoms with van der Waals surface area (Å²) in [5, 5.41) is 2.64. The van der Waals surface area contributed by atoms with Gasteiger partial charge in [-0.15, -0.1) is 13.2 Å². The molecule has 0 saturated heterocycles. The van der Waals surface area contributed by atoms with Crippen molar-refractivity contribution in [2.45, 2.75) is 6.36 Å². The van der Waals surface area contributed by atoms with Gasteiger partial charge in [0, 0.05) is 6.08 Å². The van der Waals surface area contributed by atoms with E-state index < -0.39 is 23.9 Å². The molecule has 2 heterocycles. The van der Waals surface area contributed by atoms with Crippen LogP contribution in [0.3, 0.4) is 0 Å². The maximum atomic E-state index is 13.0. The predicted molar refractivity (Wildman–Crippen MR) is 122 cm³/mol. The fourth-order valence-electron chi connectivity index (χ4n) is 3.01. The lowest BCUT2D eigenvalue weighted by Crippen LogP contribution is -2.31. The minimum Gasteiger partial charge on any atom is -0.465 e. The highest BCUT2D eigenvalue weighted by Gasteiger charge is 2.33. The van der Waals surface area contributed by atoms with Crippen LogP contribution in [0.5, 0.6) is 5.75 Å². The molecular formula is C23H16F3N3O4S. The number of hydrogen-bond acceptors (Lipinski definition) is 6. The number of hydrogen-bond donors (Lipinski definition) is 1. The molecule has 0 saturated carbocycles. The Hall–Kier alpha value is -3.99. The number of furan rings is 1. The van der Waals surface area contributed by atoms with Crippen LogP contribution in [-0.4, -0.2) is 29.1 Å². The van der Waals surface area contributed by atoms with Gasteiger partial charge >= 0.3 is 6.36 Å². The second-order valence-corrected chi connectivity index (χ2v) is 7.74. The summed E-state index contributed by atoms with van der Waals surface area (Å²) in [7, 11) is 0. The molecule has 0 aliphatic carbocycles. The quantitative estimate of drug-likeness (QED) is 0.478. The van der Waals surface area contributed by atoms with Crippen molar-refractivity contribution in [3.63, 3.8) is 0 Å². The molecule has 11 heteroatoms. The van der Waals surface area contributed by atoms with Gasteiger partial charge in [-0.3, -0.25) is 14.5 Å². The maximum absolute atomic E-state index is 13.0. The Bertz CT molecular complexity index is 1240. The van der Waals surface area contributed by atoms with Gasteiger partial charge in [-0.1, -0.05) is 42.1 Å². The monoisotopic (exact) mass is 487 g/mol. The summed E-state index contributed by atoms with van der Waals surface area (Å²) in [6, 6.07) is 17.3. The third kappa shape index (κ3) is 5.67. The second kappa shape index (κ2) is 9.87. The van der Waals surface area contributed by atoms with Crippen molar-refractivity contribution in [3.05, 3.63) is 84.5 Å². The number of rotatable bonds is 6. The summed E-state index contributed by atoms with van der Waals surface area (Å²) in [6.45, 7) is 0. The third-order valence-corrected chi connectivity index (χ3v) is 5.32. The molecular weight excluding hydrogens is 471 g/mol. The number of aliphatic imine (C=N–C) groups is 1. The minimum absolute atomic E-state index is 0.116. The number of amidine groups is 1. The first-order chi connectivity index (χ1) is 16.3. The number of para-hydroxylation sites is 3. The molecule has 4 rings (SSSR count). The van der Waals surface area contributed by atoms with Gasteiger partial charge in [0.15, 0.2) is 10.9 Å². The maximum Gasteiger partial charge on any atom is 0.573 e. The Labute approximate surface area is 195 Å². The molecule has 0 radical (unpaired) electrons. The van der Waals surface area contributed by atoms with Crippen molar-refractivity contribution < 1.29 is 31.9 Å². The number of benzene rings is 2. The second-order valence-electron chi connectivity index (χ2n) is 6.80. The first-order valence-electron chi connectivity index (χ1n) is 9.81. The van der Waals surface area contributed by atoms with Gasteiger partial charge in [0.2, 0.25) is 5.91 Å². The van der Waals surface area contributed by atoms with Crippen LogP contribution in [0.25, 0.3) is 6.08 Å². The molecule has 2 aromatic carbocycles. The number of carbonyl (C=O) groups is 2. The van der Waals surface area contributed by atoms with E-state index in [2.05, 4.69) is 15.0 Å². The average molecular weight is 487 g/mol. The number of nitrogens with one attached hydrogen (secondary N) is 1. The highest BCUT2D eigenvalue weighted by atomic mass is 32.2. The fraction of sp³-hybridized carbons (Fsp3) is 0.0870. The van der Waals surface area contributed by atoms with E-state index in [0.29, 0.717) is 11.4 Å². The Morgan fingerprint density at radius 2 is 1.82 bits per heavy atom. The van der Waals surface area contributed by atoms with Crippen molar-refractivity contribution in [2.24, 2.45) is 4.99 Å². The van der Waals surface area contributed by atoms with E-state index in [0.717, 1.165) is 17.8 Å². The Morgan fingerprint density at radius 3 is 2.53 bits per heavy atom. The van der Waals surface area contributed by atoms with E-state index in [1.807, 2.05) is 0 Å². The summed E-state index contributed by atoms with van der Waals surface area (Å²) in [5.74, 6) is -1.32. The first kappa shape index (κ1) is 23.2. The number of halogens is 3. The van der Waals surface area contributed by atoms with Crippen LogP contribution in [0.4, 0.5) is 24.5 Å². The van der Waals surface area contributed by atoms with E-state index in [1.165, 1.54) is 35.4 Å². The number of alkyl halides is 3. The molecule has 3 aromatic rings. The molecule has 2 amide bonds. The van der Waals surface area contributed by atoms with Gasteiger partial charge in [0.05, 0.1) is 23.4 Å². The molecule has 1 aliphatic rings. The number of carbonyl (C=O) groups excluding carboxylic acids is 2. The molecule has 7 nitrogen and oxygen atoms in total. The SMILES string of the molecule is O=C(CSC1=N/C(=C/c2ccco2)C(=O)N1c1ccccc1)Nc1ccccc1OC(F)(F)F. The molecule has 1 aromatic heterocycles. The lowest BCUT2D eigenvalue weighted by molar-refractivity contribution is -0.274. The molecule has 34 heavy (non-hydrogen) atoms. The molecule has 0 unspecified atom stereocenters. The van der Waals surface area contributed by atoms with Crippen molar-refractivity contribution in [3.8, 4) is 5.75 Å². The van der Waals surface area contributed by atoms with E-state index in [9.17, 15) is 22.8 Å². The number of nitrogens with zero attached hydrogens (tertiary/aromatic N) is 2. The zero-order chi connectivity index (χ0) is 24.1. The average Bonchev–Trinajstić information content (AvgIpc) is 3.41. The summed E-state index contributed by atoms with van der Waals surface area (Å²) >= 11 is 0.962. The van der Waals surface area contributed by atoms with Crippen LogP contribution in [0.15, 0.2) is 88.1 Å². The largest absolute Gasteiger partial charge is 0.573 e. The van der Waals surface area contributed by atoms with Crippen LogP contribution in [0.1, 0.15) is 5.76 Å². The summed E-state index contributed by atoms with van der Waals surface area (Å²) in [4.78, 5) is 31.2. The van der Waals surface area contributed by atoms with Crippen LogP contribution < -0.4 is 15.0 Å². The lowest BCUT2D eigenvalue weighted by atomic mass is 10.2. The topological polar surface area (TPSA) is 84.1 Å². The van der Waals surface area contributed by atoms with Crippen molar-refractivity contribution in [1.29, 1.82) is 0 Å². The number of anilines is 2. The zero-order valence-electron chi connectivity index (χ0n) is 17.3. The Balaban J connectivity index is 1.51. The smallest absolute Gasteiger partial charge is 0.465 e. The highest BCUT2D eigenvalue weighted by molar-refractivity contribution is 8.14. The van der Waals surface area contributed by atoms with E-state index >= 15 is 0 Å². The van der Waals surface area contributed by atoms with Gasteiger partial charge in [-0.25, -0.2) is 4.99 Å². The summed E-state index contributed by atoms with van der Waals surface area (Å²) in [6.07, 6.45) is -1.96. The molecule has 0 spiro atoms. The van der Waals surface area contributed by atoms with Crippen molar-refractivity contribution in [2.75, 3.05) is 16.0 Å². The first-order valence-corrected chi connectivity index (χ1v) is 10.8. The Kier molecular flexibility index (Phi) is 6.73. The van der Waals surface area contributed by atoms with E-state index in [4.69, 9.17) is 4.42 Å². The molecule has 174 valence electrons. The van der Waals surface area contributed by atoms with E-state index in [-0.39, 0.29) is 22.3 Å². The number of thioether (sulfide) groups is 1. The van der Waals surface area contributed by atoms with E-state index in [1.54, 1.807) is 42.5 Å². The zero-order valence-corrected chi connectivity index (χ0v) is 18.1. The number of ether oxygens (including phenoxy) is 1. The molecule has 0 atom stereocenters. The lowest BCUT2D eigenvalue weighted by Gasteiger charge is -2.18. The summed E-state index contributed by atoms with van der Waals surface area (Å²) in [5.41, 5.74) is 0.532. The number of amides is 2.